The molecule has 0 heterocycles. The van der Waals surface area contributed by atoms with Gasteiger partial charge in [-0.25, -0.2) is 4.67 Å². The molecule has 44 heavy (non-hydrogen) atoms. The third-order valence-corrected chi connectivity index (χ3v) is 9.88. The molecule has 254 valence electrons. The first kappa shape index (κ1) is 41.0. The van der Waals surface area contributed by atoms with Gasteiger partial charge in [0.15, 0.2) is 0 Å². The summed E-state index contributed by atoms with van der Waals surface area (Å²) in [7, 11) is -1.31. The maximum atomic E-state index is 9.00. The van der Waals surface area contributed by atoms with Crippen LogP contribution in [0.2, 0.25) is 0 Å². The molecule has 0 radical (unpaired) electrons. The molecular weight excluding hydrogens is 567 g/mol. The summed E-state index contributed by atoms with van der Waals surface area (Å²) >= 11 is 0. The van der Waals surface area contributed by atoms with Gasteiger partial charge in [-0.3, -0.25) is 0 Å². The van der Waals surface area contributed by atoms with Crippen LogP contribution in [0.1, 0.15) is 149 Å². The Morgan fingerprint density at radius 1 is 0.682 bits per heavy atom. The number of rotatable bonds is 31. The Bertz CT molecular complexity index is 781. The number of nitrogens with zero attached hydrogens (tertiary/aromatic N) is 2. The van der Waals surface area contributed by atoms with Crippen LogP contribution in [0.15, 0.2) is 30.3 Å². The van der Waals surface area contributed by atoms with E-state index in [1.807, 2.05) is 18.2 Å². The zero-order valence-corrected chi connectivity index (χ0v) is 30.0. The molecule has 1 unspecified atom stereocenters. The van der Waals surface area contributed by atoms with Crippen LogP contribution in [-0.4, -0.2) is 49.3 Å². The van der Waals surface area contributed by atoms with Gasteiger partial charge in [0.05, 0.1) is 38.9 Å². The van der Waals surface area contributed by atoms with Gasteiger partial charge in [0.1, 0.15) is 6.10 Å². The van der Waals surface area contributed by atoms with Gasteiger partial charge in [0, 0.05) is 18.7 Å². The van der Waals surface area contributed by atoms with Crippen molar-refractivity contribution in [1.82, 2.24) is 4.67 Å². The molecule has 0 amide bonds. The summed E-state index contributed by atoms with van der Waals surface area (Å²) in [5.41, 5.74) is 1.13. The zero-order chi connectivity index (χ0) is 32.1. The van der Waals surface area contributed by atoms with E-state index in [9.17, 15) is 0 Å². The van der Waals surface area contributed by atoms with Crippen molar-refractivity contribution in [3.63, 3.8) is 0 Å². The minimum atomic E-state index is -1.31. The van der Waals surface area contributed by atoms with E-state index < -0.39 is 8.53 Å². The van der Waals surface area contributed by atoms with Crippen molar-refractivity contribution < 1.29 is 18.5 Å². The van der Waals surface area contributed by atoms with E-state index in [0.717, 1.165) is 18.6 Å². The Labute approximate surface area is 273 Å². The molecule has 0 N–H and O–H groups in total. The molecular formula is C37H67N2O4P. The Morgan fingerprint density at radius 2 is 1.20 bits per heavy atom. The molecule has 1 rings (SSSR count). The Morgan fingerprint density at radius 3 is 1.70 bits per heavy atom. The van der Waals surface area contributed by atoms with Crippen LogP contribution >= 0.6 is 8.53 Å². The fraction of sp³-hybridized carbons (Fsp3) is 0.811. The first-order valence-electron chi connectivity index (χ1n) is 17.9. The van der Waals surface area contributed by atoms with Crippen molar-refractivity contribution in [2.24, 2.45) is 0 Å². The van der Waals surface area contributed by atoms with Crippen LogP contribution < -0.4 is 0 Å². The predicted molar refractivity (Wildman–Crippen MR) is 187 cm³/mol. The molecule has 0 saturated heterocycles. The Kier molecular flexibility index (Phi) is 27.3. The molecule has 0 aliphatic rings. The van der Waals surface area contributed by atoms with Crippen molar-refractivity contribution >= 4 is 8.53 Å². The zero-order valence-electron chi connectivity index (χ0n) is 29.1. The summed E-state index contributed by atoms with van der Waals surface area (Å²) in [4.78, 5) is 0. The van der Waals surface area contributed by atoms with Crippen LogP contribution in [0.5, 0.6) is 0 Å². The second kappa shape index (κ2) is 29.3. The fourth-order valence-corrected chi connectivity index (χ4v) is 7.00. The molecule has 0 saturated carbocycles. The van der Waals surface area contributed by atoms with Crippen LogP contribution in [0.25, 0.3) is 0 Å². The van der Waals surface area contributed by atoms with Gasteiger partial charge in [-0.2, -0.15) is 5.26 Å². The molecule has 0 fully saturated rings. The summed E-state index contributed by atoms with van der Waals surface area (Å²) < 4.78 is 27.1. The lowest BCUT2D eigenvalue weighted by atomic mass is 10.0. The molecule has 0 bridgehead atoms. The number of hydrogen-bond donors (Lipinski definition) is 0. The number of ether oxygens (including phenoxy) is 2. The number of hydrogen-bond acceptors (Lipinski definition) is 6. The molecule has 0 aliphatic carbocycles. The lowest BCUT2D eigenvalue weighted by molar-refractivity contribution is -0.0476. The molecule has 1 aromatic carbocycles. The lowest BCUT2D eigenvalue weighted by Gasteiger charge is -2.36. The summed E-state index contributed by atoms with van der Waals surface area (Å²) in [5, 5.41) is 9.00. The van der Waals surface area contributed by atoms with Gasteiger partial charge in [-0.15, -0.1) is 0 Å². The van der Waals surface area contributed by atoms with E-state index in [2.05, 4.69) is 57.5 Å². The van der Waals surface area contributed by atoms with Crippen molar-refractivity contribution in [1.29, 1.82) is 5.26 Å². The first-order valence-corrected chi connectivity index (χ1v) is 19.1. The highest BCUT2D eigenvalue weighted by molar-refractivity contribution is 7.44. The normalized spacial score (nSPS) is 13.2. The molecule has 7 heteroatoms. The smallest absolute Gasteiger partial charge is 0.259 e. The molecule has 0 spiro atoms. The highest BCUT2D eigenvalue weighted by atomic mass is 31.2. The van der Waals surface area contributed by atoms with E-state index in [1.165, 1.54) is 96.3 Å². The second-order valence-electron chi connectivity index (χ2n) is 12.6. The SMILES string of the molecule is CCCCCCCCCCCCCCCCCCOC[C@@H](COP(OCCC#N)N(C(C)C)C(C)C)OCc1ccccc1. The minimum Gasteiger partial charge on any atom is -0.379 e. The molecule has 6 nitrogen and oxygen atoms in total. The average molecular weight is 635 g/mol. The van der Waals surface area contributed by atoms with Gasteiger partial charge >= 0.3 is 0 Å². The minimum absolute atomic E-state index is 0.193. The fourth-order valence-electron chi connectivity index (χ4n) is 5.36. The van der Waals surface area contributed by atoms with E-state index in [1.54, 1.807) is 0 Å². The maximum absolute atomic E-state index is 9.00. The first-order chi connectivity index (χ1) is 21.5. The third-order valence-electron chi connectivity index (χ3n) is 7.81. The van der Waals surface area contributed by atoms with Crippen LogP contribution in [0, 0.1) is 11.3 Å². The van der Waals surface area contributed by atoms with E-state index in [0.29, 0.717) is 32.8 Å². The van der Waals surface area contributed by atoms with Crippen LogP contribution in [0.3, 0.4) is 0 Å². The molecule has 0 aliphatic heterocycles. The van der Waals surface area contributed by atoms with Crippen molar-refractivity contribution in [2.45, 2.75) is 169 Å². The lowest BCUT2D eigenvalue weighted by Crippen LogP contribution is -2.35. The highest BCUT2D eigenvalue weighted by Gasteiger charge is 2.28. The Balaban J connectivity index is 2.31. The summed E-state index contributed by atoms with van der Waals surface area (Å²) in [6.07, 6.45) is 22.0. The summed E-state index contributed by atoms with van der Waals surface area (Å²) in [6, 6.07) is 12.9. The summed E-state index contributed by atoms with van der Waals surface area (Å²) in [5.74, 6) is 0. The second-order valence-corrected chi connectivity index (χ2v) is 14.1. The van der Waals surface area contributed by atoms with Gasteiger partial charge < -0.3 is 18.5 Å². The molecule has 1 aromatic rings. The third kappa shape index (κ3) is 22.4. The number of unbranched alkanes of at least 4 members (excludes halogenated alkanes) is 15. The largest absolute Gasteiger partial charge is 0.379 e. The van der Waals surface area contributed by atoms with Crippen molar-refractivity contribution in [3.05, 3.63) is 35.9 Å². The monoisotopic (exact) mass is 634 g/mol. The van der Waals surface area contributed by atoms with Gasteiger partial charge in [-0.1, -0.05) is 134 Å². The van der Waals surface area contributed by atoms with Crippen molar-refractivity contribution in [2.75, 3.05) is 26.4 Å². The van der Waals surface area contributed by atoms with Crippen LogP contribution in [-0.2, 0) is 25.1 Å². The molecule has 0 aromatic heterocycles. The van der Waals surface area contributed by atoms with Gasteiger partial charge in [0.25, 0.3) is 8.53 Å². The summed E-state index contributed by atoms with van der Waals surface area (Å²) in [6.45, 7) is 13.4. The van der Waals surface area contributed by atoms with Crippen molar-refractivity contribution in [3.8, 4) is 6.07 Å². The predicted octanol–water partition coefficient (Wildman–Crippen LogP) is 11.1. The quantitative estimate of drug-likeness (QED) is 0.0598. The van der Waals surface area contributed by atoms with E-state index in [4.69, 9.17) is 23.8 Å². The highest BCUT2D eigenvalue weighted by Crippen LogP contribution is 2.46. The topological polar surface area (TPSA) is 64.0 Å². The van der Waals surface area contributed by atoms with E-state index in [-0.39, 0.29) is 18.2 Å². The van der Waals surface area contributed by atoms with Gasteiger partial charge in [-0.05, 0) is 39.7 Å². The number of nitriles is 1. The van der Waals surface area contributed by atoms with E-state index >= 15 is 0 Å². The van der Waals surface area contributed by atoms with Crippen LogP contribution in [0.4, 0.5) is 0 Å². The number of benzene rings is 1. The average Bonchev–Trinajstić information content (AvgIpc) is 3.01. The molecule has 2 atom stereocenters. The standard InChI is InChI=1S/C37H67N2O4P/c1-6-7-8-9-10-11-12-13-14-15-16-17-18-19-20-24-29-40-32-37(41-31-36-26-22-21-23-27-36)33-43-44(42-30-25-28-38)39(34(2)3)35(4)5/h21-23,26-27,34-35,37H,6-20,24-25,29-33H2,1-5H3/t37-,44?/m0/s1. The van der Waals surface area contributed by atoms with Gasteiger partial charge in [0.2, 0.25) is 0 Å². The maximum Gasteiger partial charge on any atom is 0.259 e. The Hall–Kier alpha value is -1.06.